The maximum absolute atomic E-state index is 11.7. The number of nitrogens with zero attached hydrogens (tertiary/aromatic N) is 2. The largest absolute Gasteiger partial charge is 0.361 e. The third kappa shape index (κ3) is 3.20. The molecule has 0 aromatic carbocycles. The molecule has 1 aromatic heterocycles. The predicted molar refractivity (Wildman–Crippen MR) is 70.2 cm³/mol. The molecule has 1 aromatic rings. The van der Waals surface area contributed by atoms with E-state index in [0.29, 0.717) is 0 Å². The van der Waals surface area contributed by atoms with E-state index in [1.54, 1.807) is 12.3 Å². The summed E-state index contributed by atoms with van der Waals surface area (Å²) < 4.78 is 0. The molecule has 1 unspecified atom stereocenters. The number of pyridine rings is 1. The number of hydrogen-bond acceptors (Lipinski definition) is 3. The number of alkyl halides is 1. The van der Waals surface area contributed by atoms with Crippen molar-refractivity contribution in [3.63, 3.8) is 0 Å². The van der Waals surface area contributed by atoms with Crippen LogP contribution in [0.25, 0.3) is 0 Å². The van der Waals surface area contributed by atoms with Gasteiger partial charge >= 0.3 is 0 Å². The van der Waals surface area contributed by atoms with E-state index in [4.69, 9.17) is 0 Å². The Labute approximate surface area is 104 Å². The minimum absolute atomic E-state index is 0.0430. The Balaban J connectivity index is 2.84. The van der Waals surface area contributed by atoms with Gasteiger partial charge in [-0.15, -0.1) is 0 Å². The smallest absolute Gasteiger partial charge is 0.238 e. The van der Waals surface area contributed by atoms with Crippen LogP contribution in [0.15, 0.2) is 18.3 Å². The average molecular weight is 286 g/mol. The van der Waals surface area contributed by atoms with Crippen LogP contribution in [-0.2, 0) is 4.79 Å². The van der Waals surface area contributed by atoms with Crippen LogP contribution in [0.2, 0.25) is 0 Å². The molecule has 4 nitrogen and oxygen atoms in total. The van der Waals surface area contributed by atoms with Crippen LogP contribution in [0.5, 0.6) is 0 Å². The summed E-state index contributed by atoms with van der Waals surface area (Å²) in [6.07, 6.45) is 2.46. The van der Waals surface area contributed by atoms with Gasteiger partial charge in [-0.2, -0.15) is 0 Å². The summed E-state index contributed by atoms with van der Waals surface area (Å²) in [4.78, 5) is 17.6. The first-order chi connectivity index (χ1) is 7.56. The predicted octanol–water partition coefficient (Wildman–Crippen LogP) is 2.26. The lowest BCUT2D eigenvalue weighted by molar-refractivity contribution is -0.115. The lowest BCUT2D eigenvalue weighted by atomic mass is 10.3. The minimum atomic E-state index is -0.164. The molecule has 1 atom stereocenters. The number of rotatable bonds is 4. The van der Waals surface area contributed by atoms with Gasteiger partial charge in [0.15, 0.2) is 5.82 Å². The van der Waals surface area contributed by atoms with E-state index in [9.17, 15) is 4.79 Å². The molecule has 0 saturated carbocycles. The summed E-state index contributed by atoms with van der Waals surface area (Å²) >= 11 is 3.32. The van der Waals surface area contributed by atoms with E-state index in [2.05, 4.69) is 26.2 Å². The fraction of sp³-hybridized carbons (Fsp3) is 0.455. The normalized spacial score (nSPS) is 12.0. The van der Waals surface area contributed by atoms with Crippen molar-refractivity contribution in [2.45, 2.75) is 18.2 Å². The van der Waals surface area contributed by atoms with Gasteiger partial charge in [-0.05, 0) is 18.6 Å². The second-order valence-corrected chi connectivity index (χ2v) is 4.74. The molecule has 1 N–H and O–H groups in total. The molecule has 0 saturated heterocycles. The fourth-order valence-electron chi connectivity index (χ4n) is 1.25. The highest BCUT2D eigenvalue weighted by Crippen LogP contribution is 2.21. The maximum atomic E-state index is 11.7. The molecule has 1 amide bonds. The van der Waals surface area contributed by atoms with Crippen LogP contribution in [0.1, 0.15) is 13.3 Å². The minimum Gasteiger partial charge on any atom is -0.361 e. The number of anilines is 2. The molecule has 5 heteroatoms. The fourth-order valence-corrected chi connectivity index (χ4v) is 1.36. The Kier molecular flexibility index (Phi) is 4.73. The zero-order chi connectivity index (χ0) is 12.1. The molecule has 0 radical (unpaired) electrons. The van der Waals surface area contributed by atoms with Gasteiger partial charge in [-0.3, -0.25) is 4.79 Å². The monoisotopic (exact) mass is 285 g/mol. The first kappa shape index (κ1) is 13.0. The standard InChI is InChI=1S/C11H16BrN3O/c1-4-8(12)11(16)14-9-6-5-7-13-10(9)15(2)3/h5-8H,4H2,1-3H3,(H,14,16). The second kappa shape index (κ2) is 5.84. The number of amides is 1. The van der Waals surface area contributed by atoms with Gasteiger partial charge in [-0.25, -0.2) is 4.98 Å². The molecule has 16 heavy (non-hydrogen) atoms. The molecular formula is C11H16BrN3O. The lowest BCUT2D eigenvalue weighted by Gasteiger charge is -2.17. The van der Waals surface area contributed by atoms with E-state index in [-0.39, 0.29) is 10.7 Å². The van der Waals surface area contributed by atoms with Crippen molar-refractivity contribution < 1.29 is 4.79 Å². The van der Waals surface area contributed by atoms with Crippen molar-refractivity contribution in [3.05, 3.63) is 18.3 Å². The van der Waals surface area contributed by atoms with Crippen molar-refractivity contribution >= 4 is 33.3 Å². The highest BCUT2D eigenvalue weighted by molar-refractivity contribution is 9.10. The van der Waals surface area contributed by atoms with Crippen molar-refractivity contribution in [1.82, 2.24) is 4.98 Å². The van der Waals surface area contributed by atoms with Crippen molar-refractivity contribution in [1.29, 1.82) is 0 Å². The van der Waals surface area contributed by atoms with Crippen LogP contribution in [0.3, 0.4) is 0 Å². The quantitative estimate of drug-likeness (QED) is 0.864. The summed E-state index contributed by atoms with van der Waals surface area (Å²) in [7, 11) is 3.78. The number of hydrogen-bond donors (Lipinski definition) is 1. The molecular weight excluding hydrogens is 270 g/mol. The van der Waals surface area contributed by atoms with E-state index < -0.39 is 0 Å². The van der Waals surface area contributed by atoms with Gasteiger partial charge in [0.2, 0.25) is 5.91 Å². The summed E-state index contributed by atoms with van der Waals surface area (Å²) in [5.41, 5.74) is 0.732. The SMILES string of the molecule is CCC(Br)C(=O)Nc1cccnc1N(C)C. The Bertz CT molecular complexity index is 368. The number of carbonyl (C=O) groups is 1. The first-order valence-corrected chi connectivity index (χ1v) is 6.05. The third-order valence-corrected chi connectivity index (χ3v) is 3.17. The summed E-state index contributed by atoms with van der Waals surface area (Å²) in [5.74, 6) is 0.713. The summed E-state index contributed by atoms with van der Waals surface area (Å²) in [6, 6.07) is 3.65. The number of halogens is 1. The number of nitrogens with one attached hydrogen (secondary N) is 1. The molecule has 0 fully saturated rings. The zero-order valence-corrected chi connectivity index (χ0v) is 11.3. The zero-order valence-electron chi connectivity index (χ0n) is 9.70. The Morgan fingerprint density at radius 1 is 1.62 bits per heavy atom. The van der Waals surface area contributed by atoms with Crippen LogP contribution in [0.4, 0.5) is 11.5 Å². The maximum Gasteiger partial charge on any atom is 0.238 e. The van der Waals surface area contributed by atoms with Gasteiger partial charge in [0.05, 0.1) is 10.5 Å². The molecule has 0 aliphatic carbocycles. The van der Waals surface area contributed by atoms with Crippen LogP contribution >= 0.6 is 15.9 Å². The van der Waals surface area contributed by atoms with E-state index in [1.165, 1.54) is 0 Å². The van der Waals surface area contributed by atoms with E-state index >= 15 is 0 Å². The van der Waals surface area contributed by atoms with Crippen molar-refractivity contribution in [2.24, 2.45) is 0 Å². The Morgan fingerprint density at radius 2 is 2.31 bits per heavy atom. The number of aromatic nitrogens is 1. The van der Waals surface area contributed by atoms with Gasteiger partial charge < -0.3 is 10.2 Å². The molecule has 0 bridgehead atoms. The van der Waals surface area contributed by atoms with E-state index in [1.807, 2.05) is 32.0 Å². The first-order valence-electron chi connectivity index (χ1n) is 5.13. The highest BCUT2D eigenvalue weighted by Gasteiger charge is 2.14. The number of carbonyl (C=O) groups excluding carboxylic acids is 1. The molecule has 0 spiro atoms. The topological polar surface area (TPSA) is 45.2 Å². The second-order valence-electron chi connectivity index (χ2n) is 3.63. The molecule has 88 valence electrons. The summed E-state index contributed by atoms with van der Waals surface area (Å²) in [6.45, 7) is 1.95. The lowest BCUT2D eigenvalue weighted by Crippen LogP contribution is -2.24. The molecule has 0 aliphatic rings. The van der Waals surface area contributed by atoms with Gasteiger partial charge in [0, 0.05) is 20.3 Å². The summed E-state index contributed by atoms with van der Waals surface area (Å²) in [5, 5.41) is 2.85. The van der Waals surface area contributed by atoms with Crippen LogP contribution in [0, 0.1) is 0 Å². The average Bonchev–Trinajstić information content (AvgIpc) is 2.28. The van der Waals surface area contributed by atoms with Crippen LogP contribution < -0.4 is 10.2 Å². The molecule has 1 rings (SSSR count). The Hall–Kier alpha value is -1.10. The van der Waals surface area contributed by atoms with Gasteiger partial charge in [-0.1, -0.05) is 22.9 Å². The van der Waals surface area contributed by atoms with Gasteiger partial charge in [0.25, 0.3) is 0 Å². The van der Waals surface area contributed by atoms with Crippen molar-refractivity contribution in [3.8, 4) is 0 Å². The molecule has 0 aliphatic heterocycles. The third-order valence-electron chi connectivity index (χ3n) is 2.11. The van der Waals surface area contributed by atoms with E-state index in [0.717, 1.165) is 17.9 Å². The molecule has 1 heterocycles. The van der Waals surface area contributed by atoms with Crippen LogP contribution in [-0.4, -0.2) is 29.8 Å². The van der Waals surface area contributed by atoms with Crippen molar-refractivity contribution in [2.75, 3.05) is 24.3 Å². The highest BCUT2D eigenvalue weighted by atomic mass is 79.9. The van der Waals surface area contributed by atoms with Gasteiger partial charge in [0.1, 0.15) is 0 Å². The Morgan fingerprint density at radius 3 is 2.88 bits per heavy atom.